The number of aryl methyl sites for hydroxylation is 1. The molecular weight excluding hydrogens is 290 g/mol. The van der Waals surface area contributed by atoms with Crippen LogP contribution >= 0.6 is 0 Å². The summed E-state index contributed by atoms with van der Waals surface area (Å²) in [6.45, 7) is 4.34. The molecule has 120 valence electrons. The maximum atomic E-state index is 11.1. The minimum Gasteiger partial charge on any atom is -0.382 e. The van der Waals surface area contributed by atoms with Crippen LogP contribution in [-0.2, 0) is 21.3 Å². The van der Waals surface area contributed by atoms with Crippen LogP contribution in [-0.4, -0.2) is 32.7 Å². The molecule has 1 aromatic carbocycles. The normalized spacial score (nSPS) is 17.6. The summed E-state index contributed by atoms with van der Waals surface area (Å²) < 4.78 is 36.3. The number of hydrogen-bond acceptors (Lipinski definition) is 4. The SMILES string of the molecule is CCOCCCN.O=S(=O)(O)C1CCCc2ccccc21. The monoisotopic (exact) mass is 315 g/mol. The van der Waals surface area contributed by atoms with E-state index in [4.69, 9.17) is 15.0 Å². The highest BCUT2D eigenvalue weighted by Gasteiger charge is 2.29. The summed E-state index contributed by atoms with van der Waals surface area (Å²) in [6, 6.07) is 7.41. The molecular formula is C15H25NO4S. The molecule has 1 atom stereocenters. The first-order valence-electron chi connectivity index (χ1n) is 7.32. The van der Waals surface area contributed by atoms with Gasteiger partial charge in [0.15, 0.2) is 0 Å². The Hall–Kier alpha value is -0.950. The lowest BCUT2D eigenvalue weighted by molar-refractivity contribution is 0.146. The molecule has 0 saturated carbocycles. The van der Waals surface area contributed by atoms with Gasteiger partial charge in [0.1, 0.15) is 5.25 Å². The Morgan fingerprint density at radius 1 is 1.38 bits per heavy atom. The molecule has 0 heterocycles. The summed E-state index contributed by atoms with van der Waals surface area (Å²) in [4.78, 5) is 0. The molecule has 0 saturated heterocycles. The van der Waals surface area contributed by atoms with Crippen LogP contribution in [0.3, 0.4) is 0 Å². The Labute approximate surface area is 127 Å². The van der Waals surface area contributed by atoms with Crippen molar-refractivity contribution < 1.29 is 17.7 Å². The van der Waals surface area contributed by atoms with E-state index >= 15 is 0 Å². The van der Waals surface area contributed by atoms with E-state index in [1.165, 1.54) is 0 Å². The van der Waals surface area contributed by atoms with Crippen LogP contribution in [0, 0.1) is 0 Å². The third kappa shape index (κ3) is 6.13. The molecule has 2 rings (SSSR count). The summed E-state index contributed by atoms with van der Waals surface area (Å²) in [5.41, 5.74) is 7.00. The topological polar surface area (TPSA) is 89.6 Å². The van der Waals surface area contributed by atoms with Gasteiger partial charge in [-0.3, -0.25) is 4.55 Å². The first kappa shape index (κ1) is 18.1. The van der Waals surface area contributed by atoms with Crippen molar-refractivity contribution in [2.45, 2.75) is 37.9 Å². The minimum absolute atomic E-state index is 0.524. The first-order chi connectivity index (χ1) is 10.0. The van der Waals surface area contributed by atoms with Gasteiger partial charge in [-0.05, 0) is 50.3 Å². The van der Waals surface area contributed by atoms with E-state index in [0.717, 1.165) is 50.1 Å². The largest absolute Gasteiger partial charge is 0.382 e. The zero-order chi connectivity index (χ0) is 15.7. The van der Waals surface area contributed by atoms with Crippen molar-refractivity contribution >= 4 is 10.1 Å². The second-order valence-electron chi connectivity index (χ2n) is 4.93. The molecule has 0 fully saturated rings. The summed E-state index contributed by atoms with van der Waals surface area (Å²) in [6.07, 6.45) is 3.23. The third-order valence-corrected chi connectivity index (χ3v) is 4.58. The fraction of sp³-hybridized carbons (Fsp3) is 0.600. The average Bonchev–Trinajstić information content (AvgIpc) is 2.47. The van der Waals surface area contributed by atoms with Gasteiger partial charge in [-0.25, -0.2) is 0 Å². The average molecular weight is 315 g/mol. The number of benzene rings is 1. The Balaban J connectivity index is 0.000000270. The quantitative estimate of drug-likeness (QED) is 0.643. The smallest absolute Gasteiger partial charge is 0.271 e. The predicted molar refractivity (Wildman–Crippen MR) is 83.8 cm³/mol. The summed E-state index contributed by atoms with van der Waals surface area (Å²) in [5, 5.41) is -0.715. The van der Waals surface area contributed by atoms with E-state index < -0.39 is 15.4 Å². The van der Waals surface area contributed by atoms with Crippen molar-refractivity contribution in [3.63, 3.8) is 0 Å². The molecule has 3 N–H and O–H groups in total. The van der Waals surface area contributed by atoms with Crippen molar-refractivity contribution in [3.8, 4) is 0 Å². The third-order valence-electron chi connectivity index (χ3n) is 3.37. The highest BCUT2D eigenvalue weighted by Crippen LogP contribution is 2.34. The lowest BCUT2D eigenvalue weighted by Gasteiger charge is -2.22. The van der Waals surface area contributed by atoms with Crippen LogP contribution in [0.25, 0.3) is 0 Å². The first-order valence-corrected chi connectivity index (χ1v) is 8.83. The van der Waals surface area contributed by atoms with Gasteiger partial charge in [0.2, 0.25) is 0 Å². The van der Waals surface area contributed by atoms with Gasteiger partial charge in [0, 0.05) is 13.2 Å². The fourth-order valence-corrected chi connectivity index (χ4v) is 3.36. The van der Waals surface area contributed by atoms with Crippen LogP contribution in [0.4, 0.5) is 0 Å². The van der Waals surface area contributed by atoms with Gasteiger partial charge >= 0.3 is 0 Å². The molecule has 1 unspecified atom stereocenters. The highest BCUT2D eigenvalue weighted by atomic mass is 32.2. The highest BCUT2D eigenvalue weighted by molar-refractivity contribution is 7.86. The Kier molecular flexibility index (Phi) is 7.88. The van der Waals surface area contributed by atoms with Crippen molar-refractivity contribution in [2.75, 3.05) is 19.8 Å². The van der Waals surface area contributed by atoms with E-state index in [1.807, 2.05) is 25.1 Å². The van der Waals surface area contributed by atoms with Crippen LogP contribution in [0.5, 0.6) is 0 Å². The summed E-state index contributed by atoms with van der Waals surface area (Å²) in [7, 11) is -3.94. The van der Waals surface area contributed by atoms with E-state index in [9.17, 15) is 8.42 Å². The van der Waals surface area contributed by atoms with Crippen LogP contribution in [0.1, 0.15) is 42.6 Å². The van der Waals surface area contributed by atoms with E-state index in [1.54, 1.807) is 6.07 Å². The molecule has 0 spiro atoms. The summed E-state index contributed by atoms with van der Waals surface area (Å²) >= 11 is 0. The predicted octanol–water partition coefficient (Wildman–Crippen LogP) is 2.32. The molecule has 6 heteroatoms. The van der Waals surface area contributed by atoms with Crippen LogP contribution in [0.2, 0.25) is 0 Å². The van der Waals surface area contributed by atoms with Crippen LogP contribution < -0.4 is 5.73 Å². The number of nitrogens with two attached hydrogens (primary N) is 1. The minimum atomic E-state index is -3.94. The van der Waals surface area contributed by atoms with Gasteiger partial charge in [-0.1, -0.05) is 24.3 Å². The van der Waals surface area contributed by atoms with E-state index in [2.05, 4.69) is 0 Å². The molecule has 21 heavy (non-hydrogen) atoms. The molecule has 0 amide bonds. The number of fused-ring (bicyclic) bond motifs is 1. The van der Waals surface area contributed by atoms with Gasteiger partial charge in [-0.2, -0.15) is 8.42 Å². The summed E-state index contributed by atoms with van der Waals surface area (Å²) in [5.74, 6) is 0. The Morgan fingerprint density at radius 2 is 2.10 bits per heavy atom. The second-order valence-corrected chi connectivity index (χ2v) is 6.53. The number of rotatable bonds is 5. The fourth-order valence-electron chi connectivity index (χ4n) is 2.35. The van der Waals surface area contributed by atoms with Crippen molar-refractivity contribution in [3.05, 3.63) is 35.4 Å². The molecule has 0 bridgehead atoms. The van der Waals surface area contributed by atoms with Crippen molar-refractivity contribution in [2.24, 2.45) is 5.73 Å². The van der Waals surface area contributed by atoms with Gasteiger partial charge < -0.3 is 10.5 Å². The molecule has 1 aliphatic rings. The molecule has 1 aliphatic carbocycles. The maximum absolute atomic E-state index is 11.1. The zero-order valence-electron chi connectivity index (χ0n) is 12.5. The maximum Gasteiger partial charge on any atom is 0.271 e. The number of hydrogen-bond donors (Lipinski definition) is 2. The molecule has 0 aromatic heterocycles. The van der Waals surface area contributed by atoms with Gasteiger partial charge in [-0.15, -0.1) is 0 Å². The van der Waals surface area contributed by atoms with Crippen molar-refractivity contribution in [1.29, 1.82) is 0 Å². The number of ether oxygens (including phenoxy) is 1. The molecule has 0 aliphatic heterocycles. The van der Waals surface area contributed by atoms with Gasteiger partial charge in [0.25, 0.3) is 10.1 Å². The standard InChI is InChI=1S/C10H12O3S.C5H13NO/c11-14(12,13)10-7-3-5-8-4-1-2-6-9(8)10;1-2-7-5-3-4-6/h1-2,4,6,10H,3,5,7H2,(H,11,12,13);2-6H2,1H3. The molecule has 1 aromatic rings. The van der Waals surface area contributed by atoms with Gasteiger partial charge in [0.05, 0.1) is 0 Å². The zero-order valence-corrected chi connectivity index (χ0v) is 13.3. The van der Waals surface area contributed by atoms with Crippen LogP contribution in [0.15, 0.2) is 24.3 Å². The Morgan fingerprint density at radius 3 is 2.71 bits per heavy atom. The second kappa shape index (κ2) is 9.15. The van der Waals surface area contributed by atoms with E-state index in [-0.39, 0.29) is 0 Å². The van der Waals surface area contributed by atoms with Crippen molar-refractivity contribution in [1.82, 2.24) is 0 Å². The van der Waals surface area contributed by atoms with E-state index in [0.29, 0.717) is 6.42 Å². The lowest BCUT2D eigenvalue weighted by atomic mass is 9.91. The Bertz CT molecular complexity index is 512. The molecule has 0 radical (unpaired) electrons. The lowest BCUT2D eigenvalue weighted by Crippen LogP contribution is -2.17. The molecule has 5 nitrogen and oxygen atoms in total.